The van der Waals surface area contributed by atoms with Gasteiger partial charge in [-0.1, -0.05) is 23.2 Å². The smallest absolute Gasteiger partial charge is 0.224 e. The number of sulfone groups is 1. The molecule has 1 N–H and O–H groups in total. The molecule has 2 rings (SSSR count). The van der Waals surface area contributed by atoms with Crippen LogP contribution in [0.2, 0.25) is 10.0 Å². The van der Waals surface area contributed by atoms with Crippen molar-refractivity contribution in [1.29, 1.82) is 0 Å². The molecule has 110 valence electrons. The van der Waals surface area contributed by atoms with E-state index in [0.29, 0.717) is 22.0 Å². The highest BCUT2D eigenvalue weighted by atomic mass is 35.5. The lowest BCUT2D eigenvalue weighted by atomic mass is 10.0. The Labute approximate surface area is 128 Å². The van der Waals surface area contributed by atoms with E-state index < -0.39 is 15.4 Å². The average Bonchev–Trinajstić information content (AvgIpc) is 2.57. The lowest BCUT2D eigenvalue weighted by Gasteiger charge is -2.24. The summed E-state index contributed by atoms with van der Waals surface area (Å²) in [4.78, 5) is 12.0. The van der Waals surface area contributed by atoms with E-state index in [1.54, 1.807) is 25.1 Å². The Bertz CT molecular complexity index is 645. The summed E-state index contributed by atoms with van der Waals surface area (Å²) in [6.07, 6.45) is 0.513. The summed E-state index contributed by atoms with van der Waals surface area (Å²) in [5, 5.41) is 3.76. The van der Waals surface area contributed by atoms with Crippen molar-refractivity contribution in [3.8, 4) is 0 Å². The summed E-state index contributed by atoms with van der Waals surface area (Å²) in [6, 6.07) is 4.92. The molecular weight excluding hydrogens is 321 g/mol. The van der Waals surface area contributed by atoms with Crippen LogP contribution in [-0.2, 0) is 21.1 Å². The highest BCUT2D eigenvalue weighted by Gasteiger charge is 2.39. The third kappa shape index (κ3) is 3.87. The van der Waals surface area contributed by atoms with Gasteiger partial charge in [0.1, 0.15) is 0 Å². The van der Waals surface area contributed by atoms with Crippen LogP contribution in [0.4, 0.5) is 0 Å². The first-order chi connectivity index (χ1) is 9.19. The molecule has 1 heterocycles. The zero-order valence-electron chi connectivity index (χ0n) is 10.9. The second kappa shape index (κ2) is 5.54. The first-order valence-electron chi connectivity index (χ1n) is 6.15. The SMILES string of the molecule is C[C@@]1(NC(=O)Cc2cc(Cl)ccc2Cl)CCS(=O)(=O)C1. The van der Waals surface area contributed by atoms with Gasteiger partial charge >= 0.3 is 0 Å². The maximum Gasteiger partial charge on any atom is 0.224 e. The second-order valence-electron chi connectivity index (χ2n) is 5.36. The van der Waals surface area contributed by atoms with E-state index in [1.165, 1.54) is 0 Å². The topological polar surface area (TPSA) is 63.2 Å². The van der Waals surface area contributed by atoms with Gasteiger partial charge in [-0.25, -0.2) is 8.42 Å². The Hall–Kier alpha value is -0.780. The molecule has 0 bridgehead atoms. The highest BCUT2D eigenvalue weighted by molar-refractivity contribution is 7.91. The standard InChI is InChI=1S/C13H15Cl2NO3S/c1-13(4-5-20(18,19)8-13)16-12(17)7-9-6-10(14)2-3-11(9)15/h2-3,6H,4-5,7-8H2,1H3,(H,16,17)/t13-/m1/s1. The van der Waals surface area contributed by atoms with Gasteiger partial charge in [-0.3, -0.25) is 4.79 Å². The lowest BCUT2D eigenvalue weighted by molar-refractivity contribution is -0.121. The van der Waals surface area contributed by atoms with Gasteiger partial charge in [0.05, 0.1) is 23.5 Å². The zero-order valence-corrected chi connectivity index (χ0v) is 13.3. The Balaban J connectivity index is 2.05. The normalized spacial score (nSPS) is 24.6. The number of benzene rings is 1. The van der Waals surface area contributed by atoms with Gasteiger partial charge < -0.3 is 5.32 Å². The van der Waals surface area contributed by atoms with E-state index in [4.69, 9.17) is 23.2 Å². The summed E-state index contributed by atoms with van der Waals surface area (Å²) in [6.45, 7) is 1.75. The first-order valence-corrected chi connectivity index (χ1v) is 8.72. The van der Waals surface area contributed by atoms with Crippen LogP contribution in [0.3, 0.4) is 0 Å². The van der Waals surface area contributed by atoms with Gasteiger partial charge in [0.2, 0.25) is 5.91 Å². The van der Waals surface area contributed by atoms with Crippen LogP contribution < -0.4 is 5.32 Å². The Morgan fingerprint density at radius 1 is 1.40 bits per heavy atom. The van der Waals surface area contributed by atoms with E-state index >= 15 is 0 Å². The molecule has 1 fully saturated rings. The molecule has 0 spiro atoms. The third-order valence-corrected chi connectivity index (χ3v) is 5.81. The lowest BCUT2D eigenvalue weighted by Crippen LogP contribution is -2.47. The van der Waals surface area contributed by atoms with Crippen molar-refractivity contribution in [3.63, 3.8) is 0 Å². The number of hydrogen-bond donors (Lipinski definition) is 1. The van der Waals surface area contributed by atoms with Gasteiger partial charge in [0.25, 0.3) is 0 Å². The van der Waals surface area contributed by atoms with Crippen LogP contribution >= 0.6 is 23.2 Å². The van der Waals surface area contributed by atoms with E-state index in [0.717, 1.165) is 0 Å². The molecule has 0 radical (unpaired) electrons. The van der Waals surface area contributed by atoms with Gasteiger partial charge in [0.15, 0.2) is 9.84 Å². The second-order valence-corrected chi connectivity index (χ2v) is 8.39. The summed E-state index contributed by atoms with van der Waals surface area (Å²) in [5.74, 6) is -0.162. The number of halogens is 2. The van der Waals surface area contributed by atoms with E-state index in [2.05, 4.69) is 5.32 Å². The maximum atomic E-state index is 12.0. The Morgan fingerprint density at radius 2 is 2.10 bits per heavy atom. The van der Waals surface area contributed by atoms with Crippen molar-refractivity contribution in [3.05, 3.63) is 33.8 Å². The highest BCUT2D eigenvalue weighted by Crippen LogP contribution is 2.24. The molecule has 0 unspecified atom stereocenters. The van der Waals surface area contributed by atoms with E-state index in [9.17, 15) is 13.2 Å². The van der Waals surface area contributed by atoms with Crippen molar-refractivity contribution in [2.24, 2.45) is 0 Å². The largest absolute Gasteiger partial charge is 0.350 e. The van der Waals surface area contributed by atoms with Crippen molar-refractivity contribution >= 4 is 38.9 Å². The van der Waals surface area contributed by atoms with Gasteiger partial charge in [-0.05, 0) is 37.1 Å². The molecule has 0 aliphatic carbocycles. The van der Waals surface area contributed by atoms with Crippen LogP contribution in [0.1, 0.15) is 18.9 Å². The van der Waals surface area contributed by atoms with E-state index in [-0.39, 0.29) is 23.8 Å². The van der Waals surface area contributed by atoms with E-state index in [1.807, 2.05) is 0 Å². The van der Waals surface area contributed by atoms with Crippen LogP contribution in [0.15, 0.2) is 18.2 Å². The predicted molar refractivity (Wildman–Crippen MR) is 80.0 cm³/mol. The predicted octanol–water partition coefficient (Wildman–Crippen LogP) is 2.23. The fraction of sp³-hybridized carbons (Fsp3) is 0.462. The summed E-state index contributed by atoms with van der Waals surface area (Å²) in [7, 11) is -3.05. The zero-order chi connectivity index (χ0) is 15.0. The number of nitrogens with one attached hydrogen (secondary N) is 1. The number of carbonyl (C=O) groups is 1. The quantitative estimate of drug-likeness (QED) is 0.921. The van der Waals surface area contributed by atoms with Crippen molar-refractivity contribution in [2.45, 2.75) is 25.3 Å². The van der Waals surface area contributed by atoms with Gasteiger partial charge in [-0.15, -0.1) is 0 Å². The molecule has 4 nitrogen and oxygen atoms in total. The number of amides is 1. The first kappa shape index (κ1) is 15.6. The van der Waals surface area contributed by atoms with Crippen LogP contribution in [-0.4, -0.2) is 31.4 Å². The fourth-order valence-corrected chi connectivity index (χ4v) is 4.81. The van der Waals surface area contributed by atoms with Crippen molar-refractivity contribution in [2.75, 3.05) is 11.5 Å². The van der Waals surface area contributed by atoms with Crippen molar-refractivity contribution < 1.29 is 13.2 Å². The number of hydrogen-bond acceptors (Lipinski definition) is 3. The Morgan fingerprint density at radius 3 is 2.70 bits per heavy atom. The molecule has 1 atom stereocenters. The number of carbonyl (C=O) groups excluding carboxylic acids is 1. The molecule has 1 aromatic carbocycles. The molecular formula is C13H15Cl2NO3S. The minimum Gasteiger partial charge on any atom is -0.350 e. The molecule has 1 aliphatic heterocycles. The summed E-state index contributed by atoms with van der Waals surface area (Å²) < 4.78 is 23.0. The minimum atomic E-state index is -3.05. The maximum absolute atomic E-state index is 12.0. The summed E-state index contributed by atoms with van der Waals surface area (Å²) in [5.41, 5.74) is -0.0674. The molecule has 20 heavy (non-hydrogen) atoms. The molecule has 1 amide bonds. The van der Waals surface area contributed by atoms with Crippen LogP contribution in [0.5, 0.6) is 0 Å². The third-order valence-electron chi connectivity index (χ3n) is 3.30. The van der Waals surface area contributed by atoms with Crippen molar-refractivity contribution in [1.82, 2.24) is 5.32 Å². The average molecular weight is 336 g/mol. The minimum absolute atomic E-state index is 0.0188. The molecule has 0 saturated carbocycles. The van der Waals surface area contributed by atoms with Crippen LogP contribution in [0.25, 0.3) is 0 Å². The molecule has 1 saturated heterocycles. The van der Waals surface area contributed by atoms with Gasteiger partial charge in [-0.2, -0.15) is 0 Å². The molecule has 7 heteroatoms. The molecule has 1 aliphatic rings. The Kier molecular flexibility index (Phi) is 4.33. The number of rotatable bonds is 3. The summed E-state index contributed by atoms with van der Waals surface area (Å²) >= 11 is 11.9. The monoisotopic (exact) mass is 335 g/mol. The fourth-order valence-electron chi connectivity index (χ4n) is 2.34. The van der Waals surface area contributed by atoms with Gasteiger partial charge in [0, 0.05) is 10.0 Å². The molecule has 1 aromatic rings. The van der Waals surface area contributed by atoms with Crippen LogP contribution in [0, 0.1) is 0 Å². The molecule has 0 aromatic heterocycles.